The van der Waals surface area contributed by atoms with Gasteiger partial charge >= 0.3 is 0 Å². The lowest BCUT2D eigenvalue weighted by Gasteiger charge is -2.18. The SMILES string of the molecule is CCNC(c1cc(C)cc(C)c1)c1cnn(CC)c1. The summed E-state index contributed by atoms with van der Waals surface area (Å²) >= 11 is 0. The highest BCUT2D eigenvalue weighted by atomic mass is 15.3. The number of rotatable bonds is 5. The summed E-state index contributed by atoms with van der Waals surface area (Å²) in [4.78, 5) is 0. The quantitative estimate of drug-likeness (QED) is 0.891. The monoisotopic (exact) mass is 257 g/mol. The molecule has 102 valence electrons. The Kier molecular flexibility index (Phi) is 4.38. The molecule has 3 heteroatoms. The zero-order chi connectivity index (χ0) is 13.8. The molecular formula is C16H23N3. The first-order valence-electron chi connectivity index (χ1n) is 6.98. The second-order valence-electron chi connectivity index (χ2n) is 5.04. The zero-order valence-electron chi connectivity index (χ0n) is 12.3. The molecule has 0 fully saturated rings. The first kappa shape index (κ1) is 13.8. The summed E-state index contributed by atoms with van der Waals surface area (Å²) in [6, 6.07) is 6.94. The predicted octanol–water partition coefficient (Wildman–Crippen LogP) is 3.22. The molecule has 3 nitrogen and oxygen atoms in total. The van der Waals surface area contributed by atoms with Crippen molar-refractivity contribution in [3.8, 4) is 0 Å². The summed E-state index contributed by atoms with van der Waals surface area (Å²) in [5, 5.41) is 7.94. The Balaban J connectivity index is 2.38. The normalized spacial score (nSPS) is 12.6. The molecule has 19 heavy (non-hydrogen) atoms. The van der Waals surface area contributed by atoms with Gasteiger partial charge in [-0.15, -0.1) is 0 Å². The molecule has 1 heterocycles. The molecule has 0 saturated carbocycles. The molecule has 0 bridgehead atoms. The number of nitrogens with one attached hydrogen (secondary N) is 1. The molecule has 1 aromatic heterocycles. The maximum absolute atomic E-state index is 4.38. The Hall–Kier alpha value is -1.61. The third kappa shape index (κ3) is 3.24. The molecule has 0 spiro atoms. The van der Waals surface area contributed by atoms with E-state index in [1.807, 2.05) is 10.9 Å². The van der Waals surface area contributed by atoms with Crippen molar-refractivity contribution in [3.05, 3.63) is 52.8 Å². The summed E-state index contributed by atoms with van der Waals surface area (Å²) < 4.78 is 1.97. The fourth-order valence-electron chi connectivity index (χ4n) is 2.51. The minimum atomic E-state index is 0.226. The number of hydrogen-bond acceptors (Lipinski definition) is 2. The second kappa shape index (κ2) is 6.02. The van der Waals surface area contributed by atoms with Crippen LogP contribution in [0.5, 0.6) is 0 Å². The number of nitrogens with zero attached hydrogens (tertiary/aromatic N) is 2. The lowest BCUT2D eigenvalue weighted by atomic mass is 9.97. The number of aryl methyl sites for hydroxylation is 3. The van der Waals surface area contributed by atoms with Crippen LogP contribution in [0.15, 0.2) is 30.6 Å². The molecule has 2 aromatic rings. The van der Waals surface area contributed by atoms with E-state index in [0.29, 0.717) is 0 Å². The first-order valence-corrected chi connectivity index (χ1v) is 6.98. The molecule has 1 unspecified atom stereocenters. The minimum Gasteiger partial charge on any atom is -0.306 e. The van der Waals surface area contributed by atoms with E-state index in [1.54, 1.807) is 0 Å². The van der Waals surface area contributed by atoms with Crippen LogP contribution in [0.1, 0.15) is 42.1 Å². The topological polar surface area (TPSA) is 29.9 Å². The molecule has 0 amide bonds. The van der Waals surface area contributed by atoms with Crippen molar-refractivity contribution in [1.82, 2.24) is 15.1 Å². The molecule has 0 aliphatic heterocycles. The highest BCUT2D eigenvalue weighted by molar-refractivity contribution is 5.35. The van der Waals surface area contributed by atoms with E-state index in [4.69, 9.17) is 0 Å². The van der Waals surface area contributed by atoms with E-state index in [9.17, 15) is 0 Å². The molecule has 1 atom stereocenters. The van der Waals surface area contributed by atoms with Gasteiger partial charge in [-0.3, -0.25) is 4.68 Å². The highest BCUT2D eigenvalue weighted by Crippen LogP contribution is 2.23. The van der Waals surface area contributed by atoms with Gasteiger partial charge in [0.15, 0.2) is 0 Å². The lowest BCUT2D eigenvalue weighted by molar-refractivity contribution is 0.624. The van der Waals surface area contributed by atoms with E-state index in [-0.39, 0.29) is 6.04 Å². The van der Waals surface area contributed by atoms with Crippen molar-refractivity contribution in [2.45, 2.75) is 40.3 Å². The van der Waals surface area contributed by atoms with Gasteiger partial charge in [-0.25, -0.2) is 0 Å². The Morgan fingerprint density at radius 2 is 1.79 bits per heavy atom. The average Bonchev–Trinajstić information content (AvgIpc) is 2.83. The van der Waals surface area contributed by atoms with Gasteiger partial charge in [-0.05, 0) is 32.9 Å². The molecule has 1 N–H and O–H groups in total. The van der Waals surface area contributed by atoms with Gasteiger partial charge in [-0.1, -0.05) is 36.2 Å². The second-order valence-corrected chi connectivity index (χ2v) is 5.04. The Morgan fingerprint density at radius 1 is 1.11 bits per heavy atom. The minimum absolute atomic E-state index is 0.226. The van der Waals surface area contributed by atoms with Crippen molar-refractivity contribution in [3.63, 3.8) is 0 Å². The van der Waals surface area contributed by atoms with Crippen LogP contribution in [0.2, 0.25) is 0 Å². The van der Waals surface area contributed by atoms with Gasteiger partial charge < -0.3 is 5.32 Å². The van der Waals surface area contributed by atoms with Crippen molar-refractivity contribution in [2.24, 2.45) is 0 Å². The van der Waals surface area contributed by atoms with Crippen molar-refractivity contribution in [1.29, 1.82) is 0 Å². The third-order valence-electron chi connectivity index (χ3n) is 3.30. The van der Waals surface area contributed by atoms with Gasteiger partial charge in [0.1, 0.15) is 0 Å². The lowest BCUT2D eigenvalue weighted by Crippen LogP contribution is -2.21. The standard InChI is InChI=1S/C16H23N3/c1-5-17-16(15-10-18-19(6-2)11-15)14-8-12(3)7-13(4)9-14/h7-11,16-17H,5-6H2,1-4H3. The molecule has 2 rings (SSSR count). The van der Waals surface area contributed by atoms with Gasteiger partial charge in [0.2, 0.25) is 0 Å². The summed E-state index contributed by atoms with van der Waals surface area (Å²) in [5.74, 6) is 0. The first-order chi connectivity index (χ1) is 9.13. The van der Waals surface area contributed by atoms with Crippen LogP contribution in [-0.4, -0.2) is 16.3 Å². The van der Waals surface area contributed by atoms with Crippen LogP contribution in [0.25, 0.3) is 0 Å². The van der Waals surface area contributed by atoms with Crippen LogP contribution in [0.3, 0.4) is 0 Å². The van der Waals surface area contributed by atoms with Crippen molar-refractivity contribution in [2.75, 3.05) is 6.54 Å². The number of benzene rings is 1. The van der Waals surface area contributed by atoms with E-state index < -0.39 is 0 Å². The van der Waals surface area contributed by atoms with Crippen LogP contribution >= 0.6 is 0 Å². The summed E-state index contributed by atoms with van der Waals surface area (Å²) in [6.07, 6.45) is 4.10. The highest BCUT2D eigenvalue weighted by Gasteiger charge is 2.15. The predicted molar refractivity (Wildman–Crippen MR) is 79.3 cm³/mol. The Morgan fingerprint density at radius 3 is 2.32 bits per heavy atom. The van der Waals surface area contributed by atoms with Crippen LogP contribution < -0.4 is 5.32 Å². The van der Waals surface area contributed by atoms with Crippen LogP contribution in [-0.2, 0) is 6.54 Å². The van der Waals surface area contributed by atoms with Gasteiger partial charge in [0.25, 0.3) is 0 Å². The summed E-state index contributed by atoms with van der Waals surface area (Å²) in [7, 11) is 0. The maximum Gasteiger partial charge on any atom is 0.0608 e. The largest absolute Gasteiger partial charge is 0.306 e. The average molecular weight is 257 g/mol. The number of hydrogen-bond donors (Lipinski definition) is 1. The Labute approximate surface area is 115 Å². The van der Waals surface area contributed by atoms with Gasteiger partial charge in [0, 0.05) is 18.3 Å². The Bertz CT molecular complexity index is 522. The van der Waals surface area contributed by atoms with E-state index in [2.05, 4.69) is 62.5 Å². The molecule has 0 radical (unpaired) electrons. The van der Waals surface area contributed by atoms with Crippen LogP contribution in [0, 0.1) is 13.8 Å². The molecular weight excluding hydrogens is 234 g/mol. The number of aromatic nitrogens is 2. The van der Waals surface area contributed by atoms with E-state index >= 15 is 0 Å². The molecule has 0 saturated heterocycles. The molecule has 0 aliphatic carbocycles. The maximum atomic E-state index is 4.38. The molecule has 1 aromatic carbocycles. The third-order valence-corrected chi connectivity index (χ3v) is 3.30. The van der Waals surface area contributed by atoms with Gasteiger partial charge in [0.05, 0.1) is 12.2 Å². The molecule has 0 aliphatic rings. The fraction of sp³-hybridized carbons (Fsp3) is 0.438. The van der Waals surface area contributed by atoms with E-state index in [0.717, 1.165) is 13.1 Å². The summed E-state index contributed by atoms with van der Waals surface area (Å²) in [5.41, 5.74) is 5.16. The van der Waals surface area contributed by atoms with Crippen molar-refractivity contribution >= 4 is 0 Å². The smallest absolute Gasteiger partial charge is 0.0608 e. The van der Waals surface area contributed by atoms with Crippen molar-refractivity contribution < 1.29 is 0 Å². The van der Waals surface area contributed by atoms with Gasteiger partial charge in [-0.2, -0.15) is 5.10 Å². The zero-order valence-corrected chi connectivity index (χ0v) is 12.3. The summed E-state index contributed by atoms with van der Waals surface area (Å²) in [6.45, 7) is 10.4. The van der Waals surface area contributed by atoms with Crippen LogP contribution in [0.4, 0.5) is 0 Å². The van der Waals surface area contributed by atoms with E-state index in [1.165, 1.54) is 22.3 Å². The fourth-order valence-corrected chi connectivity index (χ4v) is 2.51.